The van der Waals surface area contributed by atoms with Gasteiger partial charge in [0, 0.05) is 11.8 Å². The summed E-state index contributed by atoms with van der Waals surface area (Å²) in [6.45, 7) is 2.13. The normalized spacial score (nSPS) is 11.4. The molecule has 0 saturated carbocycles. The number of rotatable bonds is 5. The maximum Gasteiger partial charge on any atom is 0.238 e. The number of nitrogens with two attached hydrogens (primary N) is 1. The number of hydrogen-bond acceptors (Lipinski definition) is 4. The molecular formula is C15H16ClN3O2. The van der Waals surface area contributed by atoms with Crippen LogP contribution in [-0.4, -0.2) is 16.0 Å². The fourth-order valence-electron chi connectivity index (χ4n) is 1.87. The first-order valence-electron chi connectivity index (χ1n) is 6.55. The molecule has 1 heterocycles. The molecule has 1 aromatic heterocycles. The molecule has 0 aliphatic rings. The Kier molecular flexibility index (Phi) is 5.00. The number of aromatic nitrogens is 1. The van der Waals surface area contributed by atoms with E-state index in [4.69, 9.17) is 27.3 Å². The molecule has 2 rings (SSSR count). The predicted molar refractivity (Wildman–Crippen MR) is 82.3 cm³/mol. The van der Waals surface area contributed by atoms with Gasteiger partial charge in [0.1, 0.15) is 10.8 Å². The second-order valence-electron chi connectivity index (χ2n) is 4.46. The van der Waals surface area contributed by atoms with Crippen LogP contribution in [0.15, 0.2) is 41.7 Å². The van der Waals surface area contributed by atoms with Crippen molar-refractivity contribution in [3.8, 4) is 11.6 Å². The molecule has 0 amide bonds. The van der Waals surface area contributed by atoms with Crippen LogP contribution in [0.25, 0.3) is 0 Å². The first-order chi connectivity index (χ1) is 10.2. The van der Waals surface area contributed by atoms with Crippen molar-refractivity contribution < 1.29 is 9.94 Å². The number of ether oxygens (including phenoxy) is 1. The van der Waals surface area contributed by atoms with Crippen LogP contribution in [0.4, 0.5) is 0 Å². The molecule has 0 aliphatic carbocycles. The number of benzene rings is 1. The van der Waals surface area contributed by atoms with E-state index in [-0.39, 0.29) is 16.7 Å². The standard InChI is InChI=1S/C15H16ClN3O2/c1-2-3-10-4-6-11(7-5-10)21-15-13(16)12(8-9-18-15)14(17)19-20/h4-9,20H,2-3H2,1H3,(H2,17,19). The zero-order chi connectivity index (χ0) is 15.2. The van der Waals surface area contributed by atoms with E-state index in [0.717, 1.165) is 12.8 Å². The van der Waals surface area contributed by atoms with Crippen LogP contribution >= 0.6 is 11.6 Å². The number of oxime groups is 1. The Morgan fingerprint density at radius 3 is 2.67 bits per heavy atom. The van der Waals surface area contributed by atoms with Gasteiger partial charge in [-0.25, -0.2) is 4.98 Å². The summed E-state index contributed by atoms with van der Waals surface area (Å²) in [5.41, 5.74) is 7.15. The highest BCUT2D eigenvalue weighted by Gasteiger charge is 2.13. The van der Waals surface area contributed by atoms with Crippen molar-refractivity contribution in [2.45, 2.75) is 19.8 Å². The number of pyridine rings is 1. The topological polar surface area (TPSA) is 80.7 Å². The van der Waals surface area contributed by atoms with E-state index in [9.17, 15) is 0 Å². The average molecular weight is 306 g/mol. The SMILES string of the molecule is CCCc1ccc(Oc2nccc(/C(N)=N/O)c2Cl)cc1. The van der Waals surface area contributed by atoms with E-state index in [2.05, 4.69) is 17.1 Å². The molecule has 0 radical (unpaired) electrons. The second-order valence-corrected chi connectivity index (χ2v) is 4.84. The molecule has 0 unspecified atom stereocenters. The summed E-state index contributed by atoms with van der Waals surface area (Å²) in [6.07, 6.45) is 3.60. The maximum absolute atomic E-state index is 8.72. The summed E-state index contributed by atoms with van der Waals surface area (Å²) in [7, 11) is 0. The van der Waals surface area contributed by atoms with Gasteiger partial charge < -0.3 is 15.7 Å². The first-order valence-corrected chi connectivity index (χ1v) is 6.92. The van der Waals surface area contributed by atoms with E-state index in [0.29, 0.717) is 11.3 Å². The van der Waals surface area contributed by atoms with Gasteiger partial charge >= 0.3 is 0 Å². The third-order valence-corrected chi connectivity index (χ3v) is 3.28. The second kappa shape index (κ2) is 6.95. The van der Waals surface area contributed by atoms with Gasteiger partial charge in [0.05, 0.1) is 0 Å². The summed E-state index contributed by atoms with van der Waals surface area (Å²) in [5.74, 6) is 0.746. The molecule has 5 nitrogen and oxygen atoms in total. The Morgan fingerprint density at radius 1 is 1.33 bits per heavy atom. The van der Waals surface area contributed by atoms with Crippen molar-refractivity contribution in [2.75, 3.05) is 0 Å². The smallest absolute Gasteiger partial charge is 0.238 e. The molecule has 3 N–H and O–H groups in total. The highest BCUT2D eigenvalue weighted by molar-refractivity contribution is 6.35. The number of hydrogen-bond donors (Lipinski definition) is 2. The Balaban J connectivity index is 2.23. The first kappa shape index (κ1) is 15.1. The Hall–Kier alpha value is -2.27. The fraction of sp³-hybridized carbons (Fsp3) is 0.200. The quantitative estimate of drug-likeness (QED) is 0.383. The molecule has 1 aromatic carbocycles. The largest absolute Gasteiger partial charge is 0.438 e. The molecule has 6 heteroatoms. The highest BCUT2D eigenvalue weighted by atomic mass is 35.5. The summed E-state index contributed by atoms with van der Waals surface area (Å²) in [5, 5.41) is 11.8. The van der Waals surface area contributed by atoms with Gasteiger partial charge in [-0.05, 0) is 30.2 Å². The Bertz CT molecular complexity index is 642. The number of nitrogens with zero attached hydrogens (tertiary/aromatic N) is 2. The molecule has 21 heavy (non-hydrogen) atoms. The third kappa shape index (κ3) is 3.64. The minimum atomic E-state index is -0.0921. The Labute approximate surface area is 128 Å². The molecular weight excluding hydrogens is 290 g/mol. The van der Waals surface area contributed by atoms with Crippen molar-refractivity contribution >= 4 is 17.4 Å². The molecule has 2 aromatic rings. The molecule has 0 bridgehead atoms. The van der Waals surface area contributed by atoms with Gasteiger partial charge in [-0.3, -0.25) is 0 Å². The Morgan fingerprint density at radius 2 is 2.05 bits per heavy atom. The van der Waals surface area contributed by atoms with E-state index >= 15 is 0 Å². The molecule has 0 spiro atoms. The van der Waals surface area contributed by atoms with Gasteiger partial charge in [0.2, 0.25) is 5.88 Å². The minimum Gasteiger partial charge on any atom is -0.438 e. The van der Waals surface area contributed by atoms with Crippen LogP contribution in [0.5, 0.6) is 11.6 Å². The van der Waals surface area contributed by atoms with Gasteiger partial charge in [-0.1, -0.05) is 42.2 Å². The zero-order valence-corrected chi connectivity index (χ0v) is 12.3. The lowest BCUT2D eigenvalue weighted by atomic mass is 10.1. The maximum atomic E-state index is 8.72. The van der Waals surface area contributed by atoms with Crippen LogP contribution in [0.3, 0.4) is 0 Å². The number of aryl methyl sites for hydroxylation is 1. The average Bonchev–Trinajstić information content (AvgIpc) is 2.51. The molecule has 0 saturated heterocycles. The van der Waals surface area contributed by atoms with Gasteiger partial charge in [0.15, 0.2) is 5.84 Å². The molecule has 0 atom stereocenters. The van der Waals surface area contributed by atoms with Gasteiger partial charge in [0.25, 0.3) is 0 Å². The van der Waals surface area contributed by atoms with E-state index in [1.807, 2.05) is 24.3 Å². The predicted octanol–water partition coefficient (Wildman–Crippen LogP) is 3.57. The summed E-state index contributed by atoms with van der Waals surface area (Å²) in [4.78, 5) is 4.06. The van der Waals surface area contributed by atoms with Crippen molar-refractivity contribution in [2.24, 2.45) is 10.9 Å². The summed E-state index contributed by atoms with van der Waals surface area (Å²) < 4.78 is 5.64. The van der Waals surface area contributed by atoms with Crippen molar-refractivity contribution in [1.29, 1.82) is 0 Å². The fourth-order valence-corrected chi connectivity index (χ4v) is 2.12. The van der Waals surface area contributed by atoms with E-state index in [1.165, 1.54) is 11.8 Å². The highest BCUT2D eigenvalue weighted by Crippen LogP contribution is 2.29. The summed E-state index contributed by atoms with van der Waals surface area (Å²) >= 11 is 6.15. The molecule has 0 fully saturated rings. The van der Waals surface area contributed by atoms with E-state index in [1.54, 1.807) is 6.07 Å². The molecule has 110 valence electrons. The van der Waals surface area contributed by atoms with Gasteiger partial charge in [-0.2, -0.15) is 0 Å². The lowest BCUT2D eigenvalue weighted by Crippen LogP contribution is -2.14. The molecule has 0 aliphatic heterocycles. The van der Waals surface area contributed by atoms with Gasteiger partial charge in [-0.15, -0.1) is 0 Å². The monoisotopic (exact) mass is 305 g/mol. The van der Waals surface area contributed by atoms with Crippen LogP contribution in [0, 0.1) is 0 Å². The van der Waals surface area contributed by atoms with Crippen molar-refractivity contribution in [3.05, 3.63) is 52.7 Å². The number of halogens is 1. The van der Waals surface area contributed by atoms with Crippen LogP contribution in [0.2, 0.25) is 5.02 Å². The number of amidine groups is 1. The third-order valence-electron chi connectivity index (χ3n) is 2.92. The van der Waals surface area contributed by atoms with E-state index < -0.39 is 0 Å². The minimum absolute atomic E-state index is 0.0921. The lowest BCUT2D eigenvalue weighted by molar-refractivity contribution is 0.318. The van der Waals surface area contributed by atoms with Crippen molar-refractivity contribution in [3.63, 3.8) is 0 Å². The lowest BCUT2D eigenvalue weighted by Gasteiger charge is -2.09. The summed E-state index contributed by atoms with van der Waals surface area (Å²) in [6, 6.07) is 9.27. The van der Waals surface area contributed by atoms with Crippen LogP contribution < -0.4 is 10.5 Å². The van der Waals surface area contributed by atoms with Crippen LogP contribution in [0.1, 0.15) is 24.5 Å². The van der Waals surface area contributed by atoms with Crippen LogP contribution in [-0.2, 0) is 6.42 Å². The van der Waals surface area contributed by atoms with Crippen molar-refractivity contribution in [1.82, 2.24) is 4.98 Å². The zero-order valence-electron chi connectivity index (χ0n) is 11.6.